The third kappa shape index (κ3) is 3.06. The molecule has 0 aliphatic carbocycles. The maximum absolute atomic E-state index is 10.9. The van der Waals surface area contributed by atoms with Crippen LogP contribution in [0.4, 0.5) is 0 Å². The molecule has 0 amide bonds. The molecule has 103 valence electrons. The predicted molar refractivity (Wildman–Crippen MR) is 77.2 cm³/mol. The number of hydrogen-bond acceptors (Lipinski definition) is 3. The van der Waals surface area contributed by atoms with Crippen LogP contribution in [0.2, 0.25) is 0 Å². The van der Waals surface area contributed by atoms with E-state index in [1.165, 1.54) is 0 Å². The van der Waals surface area contributed by atoms with Gasteiger partial charge in [0.25, 0.3) is 0 Å². The molecule has 0 saturated heterocycles. The van der Waals surface area contributed by atoms with Gasteiger partial charge in [-0.3, -0.25) is 4.79 Å². The van der Waals surface area contributed by atoms with E-state index in [0.717, 1.165) is 11.1 Å². The third-order valence-corrected chi connectivity index (χ3v) is 3.12. The Morgan fingerprint density at radius 1 is 1.00 bits per heavy atom. The van der Waals surface area contributed by atoms with Crippen molar-refractivity contribution in [2.45, 2.75) is 26.4 Å². The minimum absolute atomic E-state index is 0.355. The molecule has 2 rings (SSSR count). The van der Waals surface area contributed by atoms with E-state index in [9.17, 15) is 4.79 Å². The molecule has 3 heteroatoms. The molecule has 0 aliphatic rings. The lowest BCUT2D eigenvalue weighted by molar-refractivity contribution is -0.286. The average molecular weight is 269 g/mol. The number of aryl methyl sites for hydroxylation is 1. The van der Waals surface area contributed by atoms with Crippen molar-refractivity contribution >= 4 is 6.29 Å². The number of para-hydroxylation sites is 1. The van der Waals surface area contributed by atoms with E-state index < -0.39 is 5.60 Å². The van der Waals surface area contributed by atoms with Crippen LogP contribution in [-0.4, -0.2) is 6.29 Å². The molecule has 0 spiro atoms. The molecule has 0 fully saturated rings. The number of rotatable bonds is 5. The van der Waals surface area contributed by atoms with Crippen molar-refractivity contribution in [1.82, 2.24) is 0 Å². The minimum atomic E-state index is -0.621. The number of carbonyl (C=O) groups excluding carboxylic acids is 1. The van der Waals surface area contributed by atoms with Gasteiger partial charge in [-0.15, -0.1) is 0 Å². The Kier molecular flexibility index (Phi) is 4.20. The summed E-state index contributed by atoms with van der Waals surface area (Å²) in [6.45, 7) is 5.67. The summed E-state index contributed by atoms with van der Waals surface area (Å²) in [4.78, 5) is 21.9. The monoisotopic (exact) mass is 269 g/mol. The lowest BCUT2D eigenvalue weighted by Crippen LogP contribution is -2.24. The summed E-state index contributed by atoms with van der Waals surface area (Å²) in [5.41, 5.74) is 1.55. The van der Waals surface area contributed by atoms with E-state index in [4.69, 9.17) is 9.78 Å². The zero-order valence-corrected chi connectivity index (χ0v) is 11.8. The first kappa shape index (κ1) is 14.3. The van der Waals surface area contributed by atoms with E-state index in [-0.39, 0.29) is 0 Å². The average Bonchev–Trinajstić information content (AvgIpc) is 2.46. The molecule has 0 heterocycles. The fourth-order valence-corrected chi connectivity index (χ4v) is 1.88. The van der Waals surface area contributed by atoms with Gasteiger partial charge in [-0.25, -0.2) is 0 Å². The molecule has 0 aliphatic heterocycles. The van der Waals surface area contributed by atoms with Crippen LogP contribution in [0.3, 0.4) is 0 Å². The highest BCUT2D eigenvalue weighted by molar-refractivity contribution is 5.80. The lowest BCUT2D eigenvalue weighted by Gasteiger charge is -2.24. The van der Waals surface area contributed by atoms with Crippen molar-refractivity contribution in [1.29, 1.82) is 0 Å². The molecule has 2 aromatic carbocycles. The fraction of sp³-hybridized carbons (Fsp3) is 0.235. The van der Waals surface area contributed by atoms with Gasteiger partial charge < -0.3 is 4.89 Å². The van der Waals surface area contributed by atoms with Gasteiger partial charge in [-0.05, 0) is 38.0 Å². The summed E-state index contributed by atoms with van der Waals surface area (Å²) < 4.78 is 0. The van der Waals surface area contributed by atoms with E-state index >= 15 is 0 Å². The second kappa shape index (κ2) is 5.88. The van der Waals surface area contributed by atoms with Crippen molar-refractivity contribution in [3.63, 3.8) is 0 Å². The first-order chi connectivity index (χ1) is 9.54. The van der Waals surface area contributed by atoms with Gasteiger partial charge in [0.1, 0.15) is 5.60 Å². The van der Waals surface area contributed by atoms with Gasteiger partial charge in [0.15, 0.2) is 5.75 Å². The van der Waals surface area contributed by atoms with Crippen LogP contribution in [-0.2, 0) is 15.3 Å². The molecule has 0 bridgehead atoms. The molecule has 1 radical (unpaired) electrons. The zero-order valence-electron chi connectivity index (χ0n) is 11.8. The van der Waals surface area contributed by atoms with Crippen molar-refractivity contribution in [3.05, 3.63) is 65.2 Å². The van der Waals surface area contributed by atoms with Gasteiger partial charge in [0, 0.05) is 0 Å². The van der Waals surface area contributed by atoms with E-state index in [0.29, 0.717) is 11.3 Å². The summed E-state index contributed by atoms with van der Waals surface area (Å²) >= 11 is 0. The normalized spacial score (nSPS) is 11.2. The predicted octanol–water partition coefficient (Wildman–Crippen LogP) is 3.70. The second-order valence-electron chi connectivity index (χ2n) is 5.10. The zero-order chi connectivity index (χ0) is 14.6. The van der Waals surface area contributed by atoms with Gasteiger partial charge in [-0.1, -0.05) is 42.5 Å². The molecule has 3 nitrogen and oxygen atoms in total. The maximum Gasteiger partial charge on any atom is 0.237 e. The summed E-state index contributed by atoms with van der Waals surface area (Å²) in [5, 5.41) is 0. The van der Waals surface area contributed by atoms with Crippen molar-refractivity contribution in [2.75, 3.05) is 0 Å². The van der Waals surface area contributed by atoms with E-state index in [1.54, 1.807) is 12.1 Å². The van der Waals surface area contributed by atoms with Gasteiger partial charge in [0.05, 0.1) is 5.56 Å². The maximum atomic E-state index is 10.9. The summed E-state index contributed by atoms with van der Waals surface area (Å²) in [6.07, 6.45) is 1.86. The van der Waals surface area contributed by atoms with Gasteiger partial charge in [0.2, 0.25) is 6.29 Å². The number of benzene rings is 2. The van der Waals surface area contributed by atoms with Gasteiger partial charge in [-0.2, -0.15) is 4.89 Å². The Hall–Kier alpha value is -2.13. The first-order valence-electron chi connectivity index (χ1n) is 6.43. The quantitative estimate of drug-likeness (QED) is 0.613. The van der Waals surface area contributed by atoms with Crippen LogP contribution in [0.1, 0.15) is 30.5 Å². The third-order valence-electron chi connectivity index (χ3n) is 3.12. The smallest absolute Gasteiger partial charge is 0.237 e. The fourth-order valence-electron chi connectivity index (χ4n) is 1.88. The topological polar surface area (TPSA) is 35.5 Å². The lowest BCUT2D eigenvalue weighted by atomic mass is 9.99. The number of hydrogen-bond donors (Lipinski definition) is 0. The Bertz CT molecular complexity index is 588. The molecule has 20 heavy (non-hydrogen) atoms. The Balaban J connectivity index is 2.19. The molecule has 0 atom stereocenters. The van der Waals surface area contributed by atoms with Crippen molar-refractivity contribution in [3.8, 4) is 5.75 Å². The highest BCUT2D eigenvalue weighted by atomic mass is 17.2. The standard InChI is InChI=1S/C17H17O3/c1-13-8-7-9-14(12-18)16(13)19-20-17(2,3)15-10-5-4-6-11-15/h4-11H,1-3H3. The summed E-state index contributed by atoms with van der Waals surface area (Å²) in [7, 11) is 0. The van der Waals surface area contributed by atoms with E-state index in [1.807, 2.05) is 63.5 Å². The molecule has 0 unspecified atom stereocenters. The molecule has 2 aromatic rings. The van der Waals surface area contributed by atoms with Crippen LogP contribution in [0.5, 0.6) is 5.75 Å². The molecule has 0 N–H and O–H groups in total. The van der Waals surface area contributed by atoms with Crippen molar-refractivity contribution in [2.24, 2.45) is 0 Å². The summed E-state index contributed by atoms with van der Waals surface area (Å²) in [5.74, 6) is 0.409. The van der Waals surface area contributed by atoms with Crippen LogP contribution >= 0.6 is 0 Å². The SMILES string of the molecule is Cc1cccc([C]=O)c1OOC(C)(C)c1ccccc1. The van der Waals surface area contributed by atoms with E-state index in [2.05, 4.69) is 0 Å². The van der Waals surface area contributed by atoms with Crippen LogP contribution < -0.4 is 4.89 Å². The molecular formula is C17H17O3. The van der Waals surface area contributed by atoms with Crippen LogP contribution in [0.15, 0.2) is 48.5 Å². The highest BCUT2D eigenvalue weighted by Crippen LogP contribution is 2.28. The summed E-state index contributed by atoms with van der Waals surface area (Å²) in [6, 6.07) is 15.1. The van der Waals surface area contributed by atoms with Crippen LogP contribution in [0.25, 0.3) is 0 Å². The second-order valence-corrected chi connectivity index (χ2v) is 5.10. The minimum Gasteiger partial charge on any atom is -0.336 e. The van der Waals surface area contributed by atoms with Gasteiger partial charge >= 0.3 is 0 Å². The molecule has 0 saturated carbocycles. The Labute approximate surface area is 119 Å². The van der Waals surface area contributed by atoms with Crippen molar-refractivity contribution < 1.29 is 14.6 Å². The molecular weight excluding hydrogens is 252 g/mol. The first-order valence-corrected chi connectivity index (χ1v) is 6.43. The highest BCUT2D eigenvalue weighted by Gasteiger charge is 2.24. The largest absolute Gasteiger partial charge is 0.336 e. The Morgan fingerprint density at radius 2 is 1.70 bits per heavy atom. The van der Waals surface area contributed by atoms with Crippen LogP contribution in [0, 0.1) is 6.92 Å². The Morgan fingerprint density at radius 3 is 2.35 bits per heavy atom. The molecule has 0 aromatic heterocycles.